The van der Waals surface area contributed by atoms with Crippen LogP contribution in [-0.4, -0.2) is 11.9 Å². The molecule has 0 heterocycles. The van der Waals surface area contributed by atoms with Crippen LogP contribution in [0, 0.1) is 6.92 Å². The van der Waals surface area contributed by atoms with E-state index in [1.54, 1.807) is 31.2 Å². The first-order valence-corrected chi connectivity index (χ1v) is 6.47. The number of benzene rings is 2. The van der Waals surface area contributed by atoms with Crippen LogP contribution in [0.15, 0.2) is 48.5 Å². The number of rotatable bonds is 4. The first-order valence-electron chi connectivity index (χ1n) is 6.09. The van der Waals surface area contributed by atoms with Crippen molar-refractivity contribution in [2.45, 2.75) is 20.0 Å². The molecule has 2 nitrogen and oxygen atoms in total. The molecular weight excluding hydrogens is 260 g/mol. The van der Waals surface area contributed by atoms with E-state index >= 15 is 0 Å². The van der Waals surface area contributed by atoms with Gasteiger partial charge in [0.1, 0.15) is 5.75 Å². The lowest BCUT2D eigenvalue weighted by molar-refractivity contribution is 0.0818. The lowest BCUT2D eigenvalue weighted by atomic mass is 10.1. The van der Waals surface area contributed by atoms with Crippen LogP contribution in [0.2, 0.25) is 5.02 Å². The average Bonchev–Trinajstić information content (AvgIpc) is 2.41. The first kappa shape index (κ1) is 13.6. The van der Waals surface area contributed by atoms with Crippen molar-refractivity contribution < 1.29 is 9.53 Å². The number of carbonyl (C=O) groups excluding carboxylic acids is 1. The Morgan fingerprint density at radius 2 is 1.63 bits per heavy atom. The number of carbonyl (C=O) groups is 1. The van der Waals surface area contributed by atoms with Gasteiger partial charge >= 0.3 is 0 Å². The highest BCUT2D eigenvalue weighted by Gasteiger charge is 2.16. The van der Waals surface area contributed by atoms with E-state index in [1.807, 2.05) is 31.2 Å². The monoisotopic (exact) mass is 274 g/mol. The van der Waals surface area contributed by atoms with Gasteiger partial charge in [-0.1, -0.05) is 41.4 Å². The van der Waals surface area contributed by atoms with Crippen LogP contribution in [-0.2, 0) is 0 Å². The third-order valence-electron chi connectivity index (χ3n) is 2.83. The Balaban J connectivity index is 2.07. The fraction of sp³-hybridized carbons (Fsp3) is 0.188. The summed E-state index contributed by atoms with van der Waals surface area (Å²) < 4.78 is 5.61. The molecule has 0 aliphatic heterocycles. The molecule has 0 saturated heterocycles. The standard InChI is InChI=1S/C16H15ClO2/c1-11-3-5-13(6-4-11)16(18)12(2)19-15-9-7-14(17)8-10-15/h3-10,12H,1-2H3/t12-/m0/s1. The van der Waals surface area contributed by atoms with Gasteiger partial charge < -0.3 is 4.74 Å². The van der Waals surface area contributed by atoms with Gasteiger partial charge in [-0.3, -0.25) is 4.79 Å². The van der Waals surface area contributed by atoms with Gasteiger partial charge in [0.15, 0.2) is 6.10 Å². The molecule has 0 unspecified atom stereocenters. The minimum Gasteiger partial charge on any atom is -0.483 e. The molecule has 0 amide bonds. The van der Waals surface area contributed by atoms with Gasteiger partial charge in [-0.2, -0.15) is 0 Å². The molecule has 0 N–H and O–H groups in total. The fourth-order valence-corrected chi connectivity index (χ4v) is 1.85. The largest absolute Gasteiger partial charge is 0.483 e. The van der Waals surface area contributed by atoms with Gasteiger partial charge in [-0.25, -0.2) is 0 Å². The number of Topliss-reactive ketones (excluding diaryl/α,β-unsaturated/α-hetero) is 1. The van der Waals surface area contributed by atoms with Crippen LogP contribution in [0.5, 0.6) is 5.75 Å². The van der Waals surface area contributed by atoms with E-state index in [-0.39, 0.29) is 5.78 Å². The molecule has 2 rings (SSSR count). The Bertz CT molecular complexity index is 558. The molecular formula is C16H15ClO2. The topological polar surface area (TPSA) is 26.3 Å². The highest BCUT2D eigenvalue weighted by Crippen LogP contribution is 2.18. The van der Waals surface area contributed by atoms with Crippen LogP contribution in [0.1, 0.15) is 22.8 Å². The molecule has 19 heavy (non-hydrogen) atoms. The van der Waals surface area contributed by atoms with Gasteiger partial charge in [0, 0.05) is 10.6 Å². The molecule has 0 aliphatic rings. The molecule has 0 spiro atoms. The second-order valence-corrected chi connectivity index (χ2v) is 4.88. The summed E-state index contributed by atoms with van der Waals surface area (Å²) in [4.78, 5) is 12.2. The predicted octanol–water partition coefficient (Wildman–Crippen LogP) is 4.30. The molecule has 2 aromatic rings. The minimum absolute atomic E-state index is 0.0325. The molecule has 98 valence electrons. The van der Waals surface area contributed by atoms with Crippen molar-refractivity contribution >= 4 is 17.4 Å². The van der Waals surface area contributed by atoms with E-state index in [0.717, 1.165) is 5.56 Å². The van der Waals surface area contributed by atoms with Gasteiger partial charge in [0.2, 0.25) is 5.78 Å². The molecule has 0 aromatic heterocycles. The third kappa shape index (κ3) is 3.58. The van der Waals surface area contributed by atoms with Crippen molar-refractivity contribution in [2.24, 2.45) is 0 Å². The highest BCUT2D eigenvalue weighted by atomic mass is 35.5. The third-order valence-corrected chi connectivity index (χ3v) is 3.08. The molecule has 0 saturated carbocycles. The zero-order chi connectivity index (χ0) is 13.8. The molecule has 0 fully saturated rings. The van der Waals surface area contributed by atoms with Crippen LogP contribution >= 0.6 is 11.6 Å². The summed E-state index contributed by atoms with van der Waals surface area (Å²) in [6.07, 6.45) is -0.524. The Morgan fingerprint density at radius 1 is 1.05 bits per heavy atom. The fourth-order valence-electron chi connectivity index (χ4n) is 1.72. The summed E-state index contributed by atoms with van der Waals surface area (Å²) in [6, 6.07) is 14.5. The van der Waals surface area contributed by atoms with E-state index < -0.39 is 6.10 Å². The number of hydrogen-bond donors (Lipinski definition) is 0. The SMILES string of the molecule is Cc1ccc(C(=O)[C@H](C)Oc2ccc(Cl)cc2)cc1. The highest BCUT2D eigenvalue weighted by molar-refractivity contribution is 6.30. The van der Waals surface area contributed by atoms with E-state index in [2.05, 4.69) is 0 Å². The van der Waals surface area contributed by atoms with Gasteiger partial charge in [0.25, 0.3) is 0 Å². The maximum Gasteiger partial charge on any atom is 0.202 e. The summed E-state index contributed by atoms with van der Waals surface area (Å²) in [5.41, 5.74) is 1.79. The van der Waals surface area contributed by atoms with Gasteiger partial charge in [0.05, 0.1) is 0 Å². The summed E-state index contributed by atoms with van der Waals surface area (Å²) in [5, 5.41) is 0.643. The summed E-state index contributed by atoms with van der Waals surface area (Å²) in [5.74, 6) is 0.604. The van der Waals surface area contributed by atoms with E-state index in [4.69, 9.17) is 16.3 Å². The zero-order valence-corrected chi connectivity index (χ0v) is 11.6. The maximum absolute atomic E-state index is 12.2. The number of ether oxygens (including phenoxy) is 1. The van der Waals surface area contributed by atoms with Crippen LogP contribution in [0.3, 0.4) is 0 Å². The number of ketones is 1. The van der Waals surface area contributed by atoms with Crippen molar-refractivity contribution in [3.63, 3.8) is 0 Å². The summed E-state index contributed by atoms with van der Waals surface area (Å²) in [6.45, 7) is 3.73. The van der Waals surface area contributed by atoms with E-state index in [0.29, 0.717) is 16.3 Å². The van der Waals surface area contributed by atoms with Crippen molar-refractivity contribution in [1.29, 1.82) is 0 Å². The molecule has 3 heteroatoms. The van der Waals surface area contributed by atoms with E-state index in [9.17, 15) is 4.79 Å². The Morgan fingerprint density at radius 3 is 2.21 bits per heavy atom. The number of aryl methyl sites for hydroxylation is 1. The normalized spacial score (nSPS) is 11.9. The quantitative estimate of drug-likeness (QED) is 0.777. The average molecular weight is 275 g/mol. The summed E-state index contributed by atoms with van der Waals surface area (Å²) >= 11 is 5.80. The zero-order valence-electron chi connectivity index (χ0n) is 10.9. The van der Waals surface area contributed by atoms with Crippen molar-refractivity contribution in [3.05, 3.63) is 64.7 Å². The van der Waals surface area contributed by atoms with Gasteiger partial charge in [-0.05, 0) is 38.1 Å². The summed E-state index contributed by atoms with van der Waals surface area (Å²) in [7, 11) is 0. The van der Waals surface area contributed by atoms with Crippen LogP contribution in [0.25, 0.3) is 0 Å². The molecule has 0 aliphatic carbocycles. The second-order valence-electron chi connectivity index (χ2n) is 4.44. The van der Waals surface area contributed by atoms with Crippen LogP contribution in [0.4, 0.5) is 0 Å². The lowest BCUT2D eigenvalue weighted by Gasteiger charge is -2.13. The van der Waals surface area contributed by atoms with Crippen molar-refractivity contribution in [2.75, 3.05) is 0 Å². The van der Waals surface area contributed by atoms with Crippen molar-refractivity contribution in [3.8, 4) is 5.75 Å². The number of hydrogen-bond acceptors (Lipinski definition) is 2. The lowest BCUT2D eigenvalue weighted by Crippen LogP contribution is -2.23. The van der Waals surface area contributed by atoms with Crippen LogP contribution < -0.4 is 4.74 Å². The minimum atomic E-state index is -0.524. The van der Waals surface area contributed by atoms with E-state index in [1.165, 1.54) is 0 Å². The molecule has 0 radical (unpaired) electrons. The molecule has 2 aromatic carbocycles. The predicted molar refractivity (Wildman–Crippen MR) is 77.1 cm³/mol. The Kier molecular flexibility index (Phi) is 4.23. The second kappa shape index (κ2) is 5.89. The molecule has 1 atom stereocenters. The maximum atomic E-state index is 12.2. The van der Waals surface area contributed by atoms with Crippen molar-refractivity contribution in [1.82, 2.24) is 0 Å². The Hall–Kier alpha value is -1.80. The first-order chi connectivity index (χ1) is 9.06. The Labute approximate surface area is 118 Å². The smallest absolute Gasteiger partial charge is 0.202 e. The number of halogens is 1. The van der Waals surface area contributed by atoms with Gasteiger partial charge in [-0.15, -0.1) is 0 Å². The molecule has 0 bridgehead atoms.